The lowest BCUT2D eigenvalue weighted by atomic mass is 9.96. The summed E-state index contributed by atoms with van der Waals surface area (Å²) in [5, 5.41) is 13.1. The zero-order valence-corrected chi connectivity index (χ0v) is 12.9. The molecule has 0 aliphatic carbocycles. The summed E-state index contributed by atoms with van der Waals surface area (Å²) in [5.41, 5.74) is 0.362. The standard InChI is InChI=1S/C15H16BrNO3/c1-10-8-12(16)20-13(10)14(18)17-9-15(2,19)11-6-4-3-5-7-11/h3-8,19H,9H2,1-2H3,(H,17,18). The first-order valence-corrected chi connectivity index (χ1v) is 7.01. The second kappa shape index (κ2) is 5.81. The molecule has 20 heavy (non-hydrogen) atoms. The van der Waals surface area contributed by atoms with Gasteiger partial charge >= 0.3 is 0 Å². The summed E-state index contributed by atoms with van der Waals surface area (Å²) < 4.78 is 5.78. The van der Waals surface area contributed by atoms with Gasteiger partial charge in [-0.3, -0.25) is 4.79 Å². The molecule has 1 atom stereocenters. The van der Waals surface area contributed by atoms with Crippen molar-refractivity contribution in [3.05, 3.63) is 58.0 Å². The molecule has 2 aromatic rings. The smallest absolute Gasteiger partial charge is 0.287 e. The number of amides is 1. The van der Waals surface area contributed by atoms with E-state index < -0.39 is 5.60 Å². The van der Waals surface area contributed by atoms with E-state index in [1.165, 1.54) is 0 Å². The largest absolute Gasteiger partial charge is 0.444 e. The third kappa shape index (κ3) is 3.29. The first kappa shape index (κ1) is 14.8. The minimum absolute atomic E-state index is 0.105. The van der Waals surface area contributed by atoms with Crippen molar-refractivity contribution in [2.24, 2.45) is 0 Å². The van der Waals surface area contributed by atoms with Crippen LogP contribution in [0.3, 0.4) is 0 Å². The number of hydrogen-bond donors (Lipinski definition) is 2. The van der Waals surface area contributed by atoms with Crippen LogP contribution in [0.1, 0.15) is 28.6 Å². The Labute approximate surface area is 125 Å². The van der Waals surface area contributed by atoms with Gasteiger partial charge in [0.05, 0.1) is 6.54 Å². The molecule has 1 amide bonds. The van der Waals surface area contributed by atoms with E-state index in [1.807, 2.05) is 30.3 Å². The van der Waals surface area contributed by atoms with Crippen LogP contribution in [-0.4, -0.2) is 17.6 Å². The molecule has 0 bridgehead atoms. The average molecular weight is 338 g/mol. The summed E-state index contributed by atoms with van der Waals surface area (Å²) in [4.78, 5) is 12.0. The molecular weight excluding hydrogens is 322 g/mol. The van der Waals surface area contributed by atoms with E-state index in [4.69, 9.17) is 4.42 Å². The highest BCUT2D eigenvalue weighted by Crippen LogP contribution is 2.21. The minimum atomic E-state index is -1.13. The van der Waals surface area contributed by atoms with Crippen LogP contribution >= 0.6 is 15.9 Å². The van der Waals surface area contributed by atoms with Crippen LogP contribution in [-0.2, 0) is 5.60 Å². The van der Waals surface area contributed by atoms with Gasteiger partial charge in [-0.25, -0.2) is 0 Å². The Kier molecular flexibility index (Phi) is 4.30. The van der Waals surface area contributed by atoms with Gasteiger partial charge < -0.3 is 14.8 Å². The van der Waals surface area contributed by atoms with Gasteiger partial charge in [-0.15, -0.1) is 0 Å². The van der Waals surface area contributed by atoms with Crippen LogP contribution < -0.4 is 5.32 Å². The zero-order valence-electron chi connectivity index (χ0n) is 11.3. The minimum Gasteiger partial charge on any atom is -0.444 e. The van der Waals surface area contributed by atoms with Crippen LogP contribution in [0.2, 0.25) is 0 Å². The number of nitrogens with one attached hydrogen (secondary N) is 1. The normalized spacial score (nSPS) is 13.8. The topological polar surface area (TPSA) is 62.5 Å². The maximum atomic E-state index is 12.0. The van der Waals surface area contributed by atoms with Crippen molar-refractivity contribution >= 4 is 21.8 Å². The van der Waals surface area contributed by atoms with Gasteiger partial charge in [0.25, 0.3) is 5.91 Å². The Morgan fingerprint density at radius 2 is 2.05 bits per heavy atom. The molecule has 2 rings (SSSR count). The number of hydrogen-bond acceptors (Lipinski definition) is 3. The molecule has 0 saturated heterocycles. The fourth-order valence-electron chi connectivity index (χ4n) is 1.90. The number of rotatable bonds is 4. The van der Waals surface area contributed by atoms with Gasteiger partial charge in [0.2, 0.25) is 0 Å². The highest BCUT2D eigenvalue weighted by Gasteiger charge is 2.25. The monoisotopic (exact) mass is 337 g/mol. The Morgan fingerprint density at radius 3 is 2.60 bits per heavy atom. The van der Waals surface area contributed by atoms with Crippen molar-refractivity contribution in [3.8, 4) is 0 Å². The molecule has 1 aromatic carbocycles. The summed E-state index contributed by atoms with van der Waals surface area (Å²) in [6.45, 7) is 3.56. The van der Waals surface area contributed by atoms with E-state index in [-0.39, 0.29) is 18.2 Å². The first-order chi connectivity index (χ1) is 9.40. The van der Waals surface area contributed by atoms with E-state index in [1.54, 1.807) is 19.9 Å². The predicted molar refractivity (Wildman–Crippen MR) is 79.5 cm³/mol. The van der Waals surface area contributed by atoms with Crippen molar-refractivity contribution in [2.75, 3.05) is 6.54 Å². The summed E-state index contributed by atoms with van der Waals surface area (Å²) in [7, 11) is 0. The Hall–Kier alpha value is -1.59. The Morgan fingerprint density at radius 1 is 1.40 bits per heavy atom. The van der Waals surface area contributed by atoms with E-state index in [9.17, 15) is 9.90 Å². The number of benzene rings is 1. The van der Waals surface area contributed by atoms with Crippen molar-refractivity contribution in [1.29, 1.82) is 0 Å². The molecule has 1 heterocycles. The third-order valence-electron chi connectivity index (χ3n) is 3.08. The zero-order chi connectivity index (χ0) is 14.8. The number of aryl methyl sites for hydroxylation is 1. The summed E-state index contributed by atoms with van der Waals surface area (Å²) >= 11 is 3.18. The average Bonchev–Trinajstić information content (AvgIpc) is 2.76. The summed E-state index contributed by atoms with van der Waals surface area (Å²) in [6.07, 6.45) is 0. The maximum absolute atomic E-state index is 12.0. The fourth-order valence-corrected chi connectivity index (χ4v) is 2.41. The van der Waals surface area contributed by atoms with Crippen LogP contribution in [0, 0.1) is 6.92 Å². The van der Waals surface area contributed by atoms with Crippen molar-refractivity contribution in [1.82, 2.24) is 5.32 Å². The molecule has 2 N–H and O–H groups in total. The molecule has 5 heteroatoms. The van der Waals surface area contributed by atoms with Crippen LogP contribution in [0.5, 0.6) is 0 Å². The molecule has 1 aromatic heterocycles. The molecular formula is C15H16BrNO3. The highest BCUT2D eigenvalue weighted by atomic mass is 79.9. The van der Waals surface area contributed by atoms with Crippen LogP contribution in [0.15, 0.2) is 45.5 Å². The predicted octanol–water partition coefficient (Wildman–Crippen LogP) is 2.99. The second-order valence-electron chi connectivity index (χ2n) is 4.89. The highest BCUT2D eigenvalue weighted by molar-refractivity contribution is 9.10. The quantitative estimate of drug-likeness (QED) is 0.901. The molecule has 0 aliphatic rings. The second-order valence-corrected chi connectivity index (χ2v) is 5.67. The van der Waals surface area contributed by atoms with Gasteiger partial charge in [0, 0.05) is 5.56 Å². The number of aliphatic hydroxyl groups is 1. The molecule has 0 saturated carbocycles. The van der Waals surface area contributed by atoms with Crippen molar-refractivity contribution in [2.45, 2.75) is 19.4 Å². The fraction of sp³-hybridized carbons (Fsp3) is 0.267. The van der Waals surface area contributed by atoms with E-state index in [2.05, 4.69) is 21.2 Å². The van der Waals surface area contributed by atoms with Gasteiger partial charge in [0.15, 0.2) is 10.4 Å². The number of halogens is 1. The maximum Gasteiger partial charge on any atom is 0.287 e. The number of furan rings is 1. The van der Waals surface area contributed by atoms with E-state index >= 15 is 0 Å². The molecule has 0 spiro atoms. The third-order valence-corrected chi connectivity index (χ3v) is 3.47. The van der Waals surface area contributed by atoms with Gasteiger partial charge in [-0.2, -0.15) is 0 Å². The van der Waals surface area contributed by atoms with Crippen molar-refractivity contribution in [3.63, 3.8) is 0 Å². The lowest BCUT2D eigenvalue weighted by molar-refractivity contribution is 0.0518. The summed E-state index contributed by atoms with van der Waals surface area (Å²) in [5.74, 6) is -0.0925. The van der Waals surface area contributed by atoms with Gasteiger partial charge in [-0.05, 0) is 41.4 Å². The summed E-state index contributed by atoms with van der Waals surface area (Å²) in [6, 6.07) is 10.9. The van der Waals surface area contributed by atoms with Crippen LogP contribution in [0.4, 0.5) is 0 Å². The molecule has 0 fully saturated rings. The Balaban J connectivity index is 2.05. The first-order valence-electron chi connectivity index (χ1n) is 6.22. The number of carbonyl (C=O) groups is 1. The van der Waals surface area contributed by atoms with Gasteiger partial charge in [-0.1, -0.05) is 30.3 Å². The molecule has 106 valence electrons. The Bertz CT molecular complexity index is 605. The lowest BCUT2D eigenvalue weighted by Gasteiger charge is -2.24. The van der Waals surface area contributed by atoms with E-state index in [0.717, 1.165) is 11.1 Å². The number of carbonyl (C=O) groups excluding carboxylic acids is 1. The lowest BCUT2D eigenvalue weighted by Crippen LogP contribution is -2.38. The molecule has 1 unspecified atom stereocenters. The molecule has 0 aliphatic heterocycles. The van der Waals surface area contributed by atoms with Gasteiger partial charge in [0.1, 0.15) is 5.60 Å². The van der Waals surface area contributed by atoms with E-state index in [0.29, 0.717) is 4.67 Å². The van der Waals surface area contributed by atoms with Crippen molar-refractivity contribution < 1.29 is 14.3 Å². The SMILES string of the molecule is Cc1cc(Br)oc1C(=O)NCC(C)(O)c1ccccc1. The van der Waals surface area contributed by atoms with Crippen LogP contribution in [0.25, 0.3) is 0 Å². The molecule has 0 radical (unpaired) electrons. The molecule has 4 nitrogen and oxygen atoms in total.